The maximum absolute atomic E-state index is 6.12. The molecule has 1 aliphatic rings. The monoisotopic (exact) mass is 226 g/mol. The Bertz CT molecular complexity index is 326. The molecule has 1 fully saturated rings. The van der Waals surface area contributed by atoms with E-state index < -0.39 is 0 Å². The lowest BCUT2D eigenvalue weighted by Gasteiger charge is -2.18. The minimum Gasteiger partial charge on any atom is -0.374 e. The topological polar surface area (TPSA) is 48.1 Å². The average Bonchev–Trinajstić information content (AvgIpc) is 2.75. The van der Waals surface area contributed by atoms with Crippen molar-refractivity contribution in [1.82, 2.24) is 4.98 Å². The second-order valence-electron chi connectivity index (χ2n) is 4.31. The van der Waals surface area contributed by atoms with Gasteiger partial charge in [0, 0.05) is 23.5 Å². The van der Waals surface area contributed by atoms with Crippen LogP contribution in [-0.2, 0) is 11.2 Å². The van der Waals surface area contributed by atoms with E-state index >= 15 is 0 Å². The smallest absolute Gasteiger partial charge is 0.0944 e. The van der Waals surface area contributed by atoms with E-state index in [1.165, 1.54) is 0 Å². The highest BCUT2D eigenvalue weighted by Gasteiger charge is 2.27. The van der Waals surface area contributed by atoms with Gasteiger partial charge in [-0.3, -0.25) is 0 Å². The molecule has 3 nitrogen and oxygen atoms in total. The van der Waals surface area contributed by atoms with Crippen molar-refractivity contribution in [2.24, 2.45) is 5.73 Å². The first-order chi connectivity index (χ1) is 7.15. The quantitative estimate of drug-likeness (QED) is 0.856. The normalized spacial score (nSPS) is 28.2. The van der Waals surface area contributed by atoms with Crippen LogP contribution < -0.4 is 5.73 Å². The molecule has 0 radical (unpaired) electrons. The highest BCUT2D eigenvalue weighted by molar-refractivity contribution is 7.09. The summed E-state index contributed by atoms with van der Waals surface area (Å²) in [7, 11) is 0. The zero-order valence-corrected chi connectivity index (χ0v) is 10.1. The molecule has 1 aromatic heterocycles. The molecule has 1 aromatic rings. The number of rotatable bonds is 3. The van der Waals surface area contributed by atoms with Gasteiger partial charge < -0.3 is 10.5 Å². The first kappa shape index (κ1) is 11.0. The molecule has 0 amide bonds. The minimum absolute atomic E-state index is 0.0977. The third-order valence-corrected chi connectivity index (χ3v) is 3.81. The van der Waals surface area contributed by atoms with Crippen LogP contribution in [0.4, 0.5) is 0 Å². The molecular weight excluding hydrogens is 208 g/mol. The standard InChI is InChI=1S/C11H18N2OS/c1-7-6-15-11(13-7)5-9(12)10-4-3-8(2)14-10/h6,8-10H,3-5,12H2,1-2H3. The van der Waals surface area contributed by atoms with E-state index in [2.05, 4.69) is 17.3 Å². The fraction of sp³-hybridized carbons (Fsp3) is 0.727. The molecule has 0 aromatic carbocycles. The van der Waals surface area contributed by atoms with E-state index in [1.54, 1.807) is 11.3 Å². The zero-order chi connectivity index (χ0) is 10.8. The van der Waals surface area contributed by atoms with Gasteiger partial charge in [0.15, 0.2) is 0 Å². The fourth-order valence-corrected chi connectivity index (χ4v) is 2.82. The number of aryl methyl sites for hydroxylation is 1. The number of hydrogen-bond acceptors (Lipinski definition) is 4. The van der Waals surface area contributed by atoms with E-state index in [9.17, 15) is 0 Å². The lowest BCUT2D eigenvalue weighted by Crippen LogP contribution is -2.36. The molecule has 1 aliphatic heterocycles. The Hall–Kier alpha value is -0.450. The molecule has 2 heterocycles. The fourth-order valence-electron chi connectivity index (χ4n) is 1.98. The summed E-state index contributed by atoms with van der Waals surface area (Å²) in [6, 6.07) is 0.0977. The molecule has 84 valence electrons. The molecule has 2 rings (SSSR count). The lowest BCUT2D eigenvalue weighted by atomic mass is 10.1. The van der Waals surface area contributed by atoms with Crippen LogP contribution in [0.15, 0.2) is 5.38 Å². The summed E-state index contributed by atoms with van der Waals surface area (Å²) in [5.41, 5.74) is 7.21. The summed E-state index contributed by atoms with van der Waals surface area (Å²) in [6.07, 6.45) is 3.67. The third-order valence-electron chi connectivity index (χ3n) is 2.82. The van der Waals surface area contributed by atoms with Crippen molar-refractivity contribution in [2.75, 3.05) is 0 Å². The second-order valence-corrected chi connectivity index (χ2v) is 5.26. The first-order valence-electron chi connectivity index (χ1n) is 5.47. The van der Waals surface area contributed by atoms with Gasteiger partial charge in [0.1, 0.15) is 0 Å². The summed E-state index contributed by atoms with van der Waals surface area (Å²) in [4.78, 5) is 4.42. The maximum Gasteiger partial charge on any atom is 0.0944 e. The summed E-state index contributed by atoms with van der Waals surface area (Å²) in [6.45, 7) is 4.12. The molecule has 15 heavy (non-hydrogen) atoms. The van der Waals surface area contributed by atoms with Crippen LogP contribution in [0.5, 0.6) is 0 Å². The van der Waals surface area contributed by atoms with Crippen molar-refractivity contribution in [2.45, 2.75) is 51.4 Å². The van der Waals surface area contributed by atoms with E-state index in [4.69, 9.17) is 10.5 Å². The van der Waals surface area contributed by atoms with Crippen LogP contribution in [0.25, 0.3) is 0 Å². The first-order valence-corrected chi connectivity index (χ1v) is 6.35. The van der Waals surface area contributed by atoms with Gasteiger partial charge in [-0.2, -0.15) is 0 Å². The van der Waals surface area contributed by atoms with Crippen LogP contribution in [0.1, 0.15) is 30.5 Å². The van der Waals surface area contributed by atoms with Crippen molar-refractivity contribution in [3.05, 3.63) is 16.1 Å². The van der Waals surface area contributed by atoms with Crippen molar-refractivity contribution in [3.63, 3.8) is 0 Å². The van der Waals surface area contributed by atoms with Gasteiger partial charge in [-0.15, -0.1) is 11.3 Å². The van der Waals surface area contributed by atoms with E-state index in [0.29, 0.717) is 6.10 Å². The number of ether oxygens (including phenoxy) is 1. The Morgan fingerprint density at radius 2 is 2.47 bits per heavy atom. The zero-order valence-electron chi connectivity index (χ0n) is 9.27. The Kier molecular flexibility index (Phi) is 3.38. The Balaban J connectivity index is 1.89. The van der Waals surface area contributed by atoms with Crippen LogP contribution >= 0.6 is 11.3 Å². The second kappa shape index (κ2) is 4.60. The molecule has 0 bridgehead atoms. The maximum atomic E-state index is 6.12. The van der Waals surface area contributed by atoms with Crippen molar-refractivity contribution < 1.29 is 4.74 Å². The Labute approximate surface area is 94.7 Å². The lowest BCUT2D eigenvalue weighted by molar-refractivity contribution is 0.0404. The summed E-state index contributed by atoms with van der Waals surface area (Å²) in [5, 5.41) is 3.20. The van der Waals surface area contributed by atoms with Gasteiger partial charge in [0.05, 0.1) is 17.2 Å². The average molecular weight is 226 g/mol. The van der Waals surface area contributed by atoms with Gasteiger partial charge in [-0.25, -0.2) is 4.98 Å². The van der Waals surface area contributed by atoms with Crippen LogP contribution in [0.2, 0.25) is 0 Å². The molecular formula is C11H18N2OS. The largest absolute Gasteiger partial charge is 0.374 e. The van der Waals surface area contributed by atoms with E-state index in [-0.39, 0.29) is 12.1 Å². The molecule has 1 saturated heterocycles. The van der Waals surface area contributed by atoms with Gasteiger partial charge in [-0.1, -0.05) is 0 Å². The molecule has 4 heteroatoms. The highest BCUT2D eigenvalue weighted by atomic mass is 32.1. The highest BCUT2D eigenvalue weighted by Crippen LogP contribution is 2.23. The summed E-state index contributed by atoms with van der Waals surface area (Å²) >= 11 is 1.69. The predicted octanol–water partition coefficient (Wildman–Crippen LogP) is 1.89. The SMILES string of the molecule is Cc1csc(CC(N)C2CCC(C)O2)n1. The summed E-state index contributed by atoms with van der Waals surface area (Å²) < 4.78 is 5.75. The number of thiazole rings is 1. The van der Waals surface area contributed by atoms with Crippen LogP contribution in [0, 0.1) is 6.92 Å². The minimum atomic E-state index is 0.0977. The van der Waals surface area contributed by atoms with Crippen LogP contribution in [-0.4, -0.2) is 23.2 Å². The molecule has 2 N–H and O–H groups in total. The van der Waals surface area contributed by atoms with Crippen molar-refractivity contribution >= 4 is 11.3 Å². The van der Waals surface area contributed by atoms with Gasteiger partial charge in [0.2, 0.25) is 0 Å². The van der Waals surface area contributed by atoms with Gasteiger partial charge >= 0.3 is 0 Å². The Morgan fingerprint density at radius 3 is 3.00 bits per heavy atom. The van der Waals surface area contributed by atoms with Gasteiger partial charge in [0.25, 0.3) is 0 Å². The number of nitrogens with zero attached hydrogens (tertiary/aromatic N) is 1. The third kappa shape index (κ3) is 2.77. The van der Waals surface area contributed by atoms with Gasteiger partial charge in [-0.05, 0) is 26.7 Å². The number of aromatic nitrogens is 1. The predicted molar refractivity (Wildman–Crippen MR) is 62.1 cm³/mol. The molecule has 0 spiro atoms. The van der Waals surface area contributed by atoms with Crippen molar-refractivity contribution in [3.8, 4) is 0 Å². The van der Waals surface area contributed by atoms with Crippen molar-refractivity contribution in [1.29, 1.82) is 0 Å². The Morgan fingerprint density at radius 1 is 1.67 bits per heavy atom. The number of nitrogens with two attached hydrogens (primary N) is 1. The molecule has 3 atom stereocenters. The molecule has 3 unspecified atom stereocenters. The van der Waals surface area contributed by atoms with Crippen LogP contribution in [0.3, 0.4) is 0 Å². The van der Waals surface area contributed by atoms with E-state index in [1.807, 2.05) is 6.92 Å². The molecule has 0 saturated carbocycles. The van der Waals surface area contributed by atoms with E-state index in [0.717, 1.165) is 30.0 Å². The summed E-state index contributed by atoms with van der Waals surface area (Å²) in [5.74, 6) is 0. The molecule has 0 aliphatic carbocycles. The number of hydrogen-bond donors (Lipinski definition) is 1.